The third-order valence-corrected chi connectivity index (χ3v) is 7.08. The van der Waals surface area contributed by atoms with Crippen molar-refractivity contribution >= 4 is 38.4 Å². The van der Waals surface area contributed by atoms with Gasteiger partial charge >= 0.3 is 0 Å². The highest BCUT2D eigenvalue weighted by Gasteiger charge is 2.49. The molecule has 1 aromatic rings. The monoisotopic (exact) mass is 354 g/mol. The normalized spacial score (nSPS) is 27.4. The maximum absolute atomic E-state index is 11.9. The molecule has 2 heterocycles. The minimum Gasteiger partial charge on any atom is -0.375 e. The predicted molar refractivity (Wildman–Crippen MR) is 91.8 cm³/mol. The fraction of sp³-hybridized carbons (Fsp3) is 0.467. The van der Waals surface area contributed by atoms with Crippen molar-refractivity contribution in [1.82, 2.24) is 0 Å². The van der Waals surface area contributed by atoms with Gasteiger partial charge in [0.05, 0.1) is 17.5 Å². The number of aliphatic imine (C=N–C) groups is 1. The number of rotatable bonds is 3. The summed E-state index contributed by atoms with van der Waals surface area (Å²) in [5.41, 5.74) is 1.97. The molecular formula is C15H18N2O4S2. The zero-order valence-corrected chi connectivity index (χ0v) is 14.6. The summed E-state index contributed by atoms with van der Waals surface area (Å²) in [6.45, 7) is 1.90. The van der Waals surface area contributed by atoms with Crippen LogP contribution >= 0.6 is 11.8 Å². The third kappa shape index (κ3) is 3.44. The van der Waals surface area contributed by atoms with Crippen LogP contribution in [0.2, 0.25) is 0 Å². The maximum Gasteiger partial charge on any atom is 0.274 e. The van der Waals surface area contributed by atoms with E-state index in [1.807, 2.05) is 36.1 Å². The van der Waals surface area contributed by atoms with Crippen molar-refractivity contribution in [2.24, 2.45) is 4.99 Å². The number of thioether (sulfide) groups is 1. The molecule has 0 radical (unpaired) electrons. The van der Waals surface area contributed by atoms with Crippen LogP contribution in [0, 0.1) is 6.92 Å². The number of hydrogen-bond donors (Lipinski definition) is 0. The van der Waals surface area contributed by atoms with E-state index in [4.69, 9.17) is 4.74 Å². The lowest BCUT2D eigenvalue weighted by Crippen LogP contribution is -2.37. The molecule has 23 heavy (non-hydrogen) atoms. The highest BCUT2D eigenvalue weighted by atomic mass is 32.2. The first-order chi connectivity index (χ1) is 10.9. The van der Waals surface area contributed by atoms with Crippen molar-refractivity contribution < 1.29 is 17.9 Å². The highest BCUT2D eigenvalue weighted by Crippen LogP contribution is 2.40. The molecule has 0 bridgehead atoms. The Hall–Kier alpha value is -1.38. The highest BCUT2D eigenvalue weighted by molar-refractivity contribution is 8.16. The quantitative estimate of drug-likeness (QED) is 0.813. The molecule has 2 fully saturated rings. The fourth-order valence-electron chi connectivity index (χ4n) is 2.83. The zero-order chi connectivity index (χ0) is 16.6. The average Bonchev–Trinajstić information content (AvgIpc) is 2.91. The van der Waals surface area contributed by atoms with Crippen LogP contribution in [0.4, 0.5) is 5.69 Å². The average molecular weight is 354 g/mol. The Morgan fingerprint density at radius 2 is 2.04 bits per heavy atom. The number of benzene rings is 1. The fourth-order valence-corrected chi connectivity index (χ4v) is 6.77. The summed E-state index contributed by atoms with van der Waals surface area (Å²) in [5, 5.41) is 0.469. The van der Waals surface area contributed by atoms with E-state index in [0.717, 1.165) is 11.3 Å². The van der Waals surface area contributed by atoms with Gasteiger partial charge in [-0.2, -0.15) is 4.99 Å². The van der Waals surface area contributed by atoms with Gasteiger partial charge in [-0.25, -0.2) is 8.42 Å². The summed E-state index contributed by atoms with van der Waals surface area (Å²) in [5.74, 6) is -0.145. The van der Waals surface area contributed by atoms with Crippen molar-refractivity contribution in [3.63, 3.8) is 0 Å². The number of ether oxygens (including phenoxy) is 1. The van der Waals surface area contributed by atoms with Crippen LogP contribution in [-0.2, 0) is 19.4 Å². The van der Waals surface area contributed by atoms with E-state index in [2.05, 4.69) is 4.99 Å². The number of amidine groups is 1. The minimum atomic E-state index is -3.04. The van der Waals surface area contributed by atoms with Crippen LogP contribution in [0.1, 0.15) is 5.56 Å². The van der Waals surface area contributed by atoms with Crippen LogP contribution in [0.15, 0.2) is 29.3 Å². The number of carbonyl (C=O) groups excluding carboxylic acids is 1. The predicted octanol–water partition coefficient (Wildman–Crippen LogP) is 1.24. The van der Waals surface area contributed by atoms with Gasteiger partial charge < -0.3 is 9.64 Å². The molecule has 2 aliphatic rings. The van der Waals surface area contributed by atoms with Crippen LogP contribution in [0.3, 0.4) is 0 Å². The number of anilines is 1. The number of aryl methyl sites for hydroxylation is 1. The first kappa shape index (κ1) is 16.5. The first-order valence-electron chi connectivity index (χ1n) is 7.23. The maximum atomic E-state index is 11.9. The molecule has 2 atom stereocenters. The van der Waals surface area contributed by atoms with Gasteiger partial charge in [0.15, 0.2) is 15.0 Å². The number of fused-ring (bicyclic) bond motifs is 1. The van der Waals surface area contributed by atoms with Crippen molar-refractivity contribution in [3.05, 3.63) is 29.8 Å². The van der Waals surface area contributed by atoms with E-state index in [0.29, 0.717) is 5.17 Å². The lowest BCUT2D eigenvalue weighted by Gasteiger charge is -2.24. The Labute approximate surface area is 139 Å². The van der Waals surface area contributed by atoms with E-state index in [-0.39, 0.29) is 35.3 Å². The topological polar surface area (TPSA) is 76.0 Å². The molecule has 0 spiro atoms. The molecular weight excluding hydrogens is 336 g/mol. The standard InChI is InChI=1S/C15H18N2O4S2/c1-10-3-5-11(6-4-10)17-12-8-23(19,20)9-13(12)22-15(17)16-14(18)7-21-2/h3-6,12-13H,7-9H2,1-2H3/t12-,13+/m0/s1. The Morgan fingerprint density at radius 3 is 2.70 bits per heavy atom. The summed E-state index contributed by atoms with van der Waals surface area (Å²) < 4.78 is 28.7. The molecule has 0 unspecified atom stereocenters. The Kier molecular flexibility index (Phi) is 4.48. The summed E-state index contributed by atoms with van der Waals surface area (Å²) in [6, 6.07) is 7.61. The molecule has 6 nitrogen and oxygen atoms in total. The van der Waals surface area contributed by atoms with Crippen LogP contribution in [0.5, 0.6) is 0 Å². The minimum absolute atomic E-state index is 0.0839. The number of amides is 1. The zero-order valence-electron chi connectivity index (χ0n) is 12.9. The molecule has 2 aliphatic heterocycles. The SMILES string of the molecule is COCC(=O)N=C1S[C@@H]2CS(=O)(=O)C[C@@H]2N1c1ccc(C)cc1. The van der Waals surface area contributed by atoms with Gasteiger partial charge in [-0.3, -0.25) is 4.79 Å². The molecule has 2 saturated heterocycles. The van der Waals surface area contributed by atoms with Gasteiger partial charge in [0.2, 0.25) is 0 Å². The summed E-state index contributed by atoms with van der Waals surface area (Å²) in [4.78, 5) is 17.8. The molecule has 1 amide bonds. The number of hydrogen-bond acceptors (Lipinski definition) is 5. The number of sulfone groups is 1. The van der Waals surface area contributed by atoms with Gasteiger partial charge in [-0.05, 0) is 19.1 Å². The molecule has 0 N–H and O–H groups in total. The van der Waals surface area contributed by atoms with E-state index >= 15 is 0 Å². The molecule has 0 saturated carbocycles. The molecule has 8 heteroatoms. The molecule has 124 valence electrons. The van der Waals surface area contributed by atoms with E-state index in [1.165, 1.54) is 18.9 Å². The third-order valence-electron chi connectivity index (χ3n) is 3.87. The summed E-state index contributed by atoms with van der Waals surface area (Å²) in [7, 11) is -1.60. The largest absolute Gasteiger partial charge is 0.375 e. The summed E-state index contributed by atoms with van der Waals surface area (Å²) >= 11 is 1.37. The smallest absolute Gasteiger partial charge is 0.274 e. The molecule has 1 aromatic carbocycles. The van der Waals surface area contributed by atoms with Crippen molar-refractivity contribution in [2.45, 2.75) is 18.2 Å². The van der Waals surface area contributed by atoms with E-state index in [9.17, 15) is 13.2 Å². The second-order valence-corrected chi connectivity index (χ2v) is 9.09. The first-order valence-corrected chi connectivity index (χ1v) is 9.93. The van der Waals surface area contributed by atoms with Gasteiger partial charge in [0.25, 0.3) is 5.91 Å². The van der Waals surface area contributed by atoms with Crippen molar-refractivity contribution in [2.75, 3.05) is 30.1 Å². The summed E-state index contributed by atoms with van der Waals surface area (Å²) in [6.07, 6.45) is 0. The molecule has 0 aromatic heterocycles. The van der Waals surface area contributed by atoms with Gasteiger partial charge in [0.1, 0.15) is 6.61 Å². The van der Waals surface area contributed by atoms with Gasteiger partial charge in [0, 0.05) is 18.0 Å². The Balaban J connectivity index is 1.97. The second kappa shape index (κ2) is 6.26. The Morgan fingerprint density at radius 1 is 1.35 bits per heavy atom. The molecule has 0 aliphatic carbocycles. The van der Waals surface area contributed by atoms with Crippen LogP contribution in [-0.4, -0.2) is 56.0 Å². The van der Waals surface area contributed by atoms with Gasteiger partial charge in [-0.15, -0.1) is 0 Å². The number of methoxy groups -OCH3 is 1. The number of carbonyl (C=O) groups is 1. The Bertz CT molecular complexity index is 743. The number of nitrogens with zero attached hydrogens (tertiary/aromatic N) is 2. The van der Waals surface area contributed by atoms with Crippen LogP contribution < -0.4 is 4.90 Å². The van der Waals surface area contributed by atoms with Gasteiger partial charge in [-0.1, -0.05) is 29.5 Å². The van der Waals surface area contributed by atoms with Crippen LogP contribution in [0.25, 0.3) is 0 Å². The lowest BCUT2D eigenvalue weighted by molar-refractivity contribution is -0.121. The second-order valence-electron chi connectivity index (χ2n) is 5.73. The van der Waals surface area contributed by atoms with E-state index in [1.54, 1.807) is 0 Å². The lowest BCUT2D eigenvalue weighted by atomic mass is 10.1. The van der Waals surface area contributed by atoms with E-state index < -0.39 is 9.84 Å². The van der Waals surface area contributed by atoms with Crippen molar-refractivity contribution in [3.8, 4) is 0 Å². The molecule has 3 rings (SSSR count). The van der Waals surface area contributed by atoms with Crippen molar-refractivity contribution in [1.29, 1.82) is 0 Å².